The van der Waals surface area contributed by atoms with Crippen LogP contribution >= 0.6 is 0 Å². The van der Waals surface area contributed by atoms with Crippen LogP contribution in [0.3, 0.4) is 0 Å². The third-order valence-corrected chi connectivity index (χ3v) is 2.50. The lowest BCUT2D eigenvalue weighted by atomic mass is 10.1. The minimum atomic E-state index is -0.0504. The molecule has 0 fully saturated rings. The summed E-state index contributed by atoms with van der Waals surface area (Å²) in [7, 11) is 0. The summed E-state index contributed by atoms with van der Waals surface area (Å²) in [5, 5.41) is 2.86. The van der Waals surface area contributed by atoms with Gasteiger partial charge in [0.2, 0.25) is 0 Å². The Balaban J connectivity index is 2.59. The Morgan fingerprint density at radius 1 is 1.22 bits per heavy atom. The van der Waals surface area contributed by atoms with Gasteiger partial charge in [0.05, 0.1) is 0 Å². The summed E-state index contributed by atoms with van der Waals surface area (Å²) in [6.07, 6.45) is 5.30. The lowest BCUT2D eigenvalue weighted by molar-refractivity contribution is -0.112. The number of ketones is 1. The van der Waals surface area contributed by atoms with Crippen molar-refractivity contribution in [3.63, 3.8) is 0 Å². The number of hydrogen-bond acceptors (Lipinski definition) is 2. The summed E-state index contributed by atoms with van der Waals surface area (Å²) >= 11 is 0. The van der Waals surface area contributed by atoms with E-state index < -0.39 is 0 Å². The first-order chi connectivity index (χ1) is 8.63. The standard InChI is InChI=1S/C15H19NO2/c1-3-4-11-16-15(18)14-9-7-13(8-10-14)6-5-12(2)17/h5-10H,3-4,11H2,1-2H3,(H,16,18)/b6-5+. The van der Waals surface area contributed by atoms with Crippen LogP contribution in [-0.4, -0.2) is 18.2 Å². The molecule has 1 rings (SSSR count). The first-order valence-corrected chi connectivity index (χ1v) is 6.20. The maximum Gasteiger partial charge on any atom is 0.251 e. The minimum Gasteiger partial charge on any atom is -0.352 e. The van der Waals surface area contributed by atoms with Crippen molar-refractivity contribution in [2.24, 2.45) is 0 Å². The molecule has 0 radical (unpaired) electrons. The molecule has 0 aromatic heterocycles. The molecule has 0 saturated heterocycles. The molecule has 1 aromatic rings. The van der Waals surface area contributed by atoms with Crippen molar-refractivity contribution in [2.45, 2.75) is 26.7 Å². The van der Waals surface area contributed by atoms with Crippen molar-refractivity contribution in [1.29, 1.82) is 0 Å². The SMILES string of the molecule is CCCCNC(=O)c1ccc(/C=C/C(C)=O)cc1. The van der Waals surface area contributed by atoms with Gasteiger partial charge in [-0.25, -0.2) is 0 Å². The van der Waals surface area contributed by atoms with Crippen molar-refractivity contribution < 1.29 is 9.59 Å². The third kappa shape index (κ3) is 4.95. The van der Waals surface area contributed by atoms with E-state index >= 15 is 0 Å². The van der Waals surface area contributed by atoms with Crippen molar-refractivity contribution in [3.8, 4) is 0 Å². The predicted octanol–water partition coefficient (Wildman–Crippen LogP) is 2.82. The van der Waals surface area contributed by atoms with Crippen LogP contribution in [0, 0.1) is 0 Å². The Labute approximate surface area is 108 Å². The van der Waals surface area contributed by atoms with Gasteiger partial charge in [-0.2, -0.15) is 0 Å². The largest absolute Gasteiger partial charge is 0.352 e. The van der Waals surface area contributed by atoms with E-state index in [-0.39, 0.29) is 11.7 Å². The molecule has 0 heterocycles. The summed E-state index contributed by atoms with van der Waals surface area (Å²) < 4.78 is 0. The summed E-state index contributed by atoms with van der Waals surface area (Å²) in [5.74, 6) is -0.0399. The monoisotopic (exact) mass is 245 g/mol. The fraction of sp³-hybridized carbons (Fsp3) is 0.333. The van der Waals surface area contributed by atoms with Crippen LogP contribution in [0.25, 0.3) is 6.08 Å². The van der Waals surface area contributed by atoms with Crippen LogP contribution in [0.15, 0.2) is 30.3 Å². The van der Waals surface area contributed by atoms with Gasteiger partial charge in [-0.05, 0) is 37.1 Å². The molecular formula is C15H19NO2. The van der Waals surface area contributed by atoms with Crippen molar-refractivity contribution in [1.82, 2.24) is 5.32 Å². The lowest BCUT2D eigenvalue weighted by Gasteiger charge is -2.04. The fourth-order valence-corrected chi connectivity index (χ4v) is 1.44. The molecule has 0 aliphatic carbocycles. The number of rotatable bonds is 6. The van der Waals surface area contributed by atoms with E-state index in [1.807, 2.05) is 12.1 Å². The Hall–Kier alpha value is -1.90. The molecule has 0 saturated carbocycles. The number of carbonyl (C=O) groups excluding carboxylic acids is 2. The highest BCUT2D eigenvalue weighted by atomic mass is 16.1. The maximum atomic E-state index is 11.7. The number of allylic oxidation sites excluding steroid dienone is 1. The van der Waals surface area contributed by atoms with Gasteiger partial charge in [0.25, 0.3) is 5.91 Å². The Bertz CT molecular complexity index is 432. The van der Waals surface area contributed by atoms with Gasteiger partial charge >= 0.3 is 0 Å². The van der Waals surface area contributed by atoms with Crippen LogP contribution in [0.5, 0.6) is 0 Å². The quantitative estimate of drug-likeness (QED) is 0.618. The van der Waals surface area contributed by atoms with E-state index in [4.69, 9.17) is 0 Å². The minimum absolute atomic E-state index is 0.0105. The number of amides is 1. The molecule has 0 spiro atoms. The van der Waals surface area contributed by atoms with E-state index in [0.717, 1.165) is 18.4 Å². The number of hydrogen-bond donors (Lipinski definition) is 1. The maximum absolute atomic E-state index is 11.7. The topological polar surface area (TPSA) is 46.2 Å². The van der Waals surface area contributed by atoms with E-state index in [1.165, 1.54) is 13.0 Å². The van der Waals surface area contributed by atoms with E-state index in [1.54, 1.807) is 18.2 Å². The Kier molecular flexibility index (Phi) is 5.85. The number of benzene rings is 1. The molecule has 0 bridgehead atoms. The summed E-state index contributed by atoms with van der Waals surface area (Å²) in [6, 6.07) is 7.19. The zero-order chi connectivity index (χ0) is 13.4. The highest BCUT2D eigenvalue weighted by molar-refractivity contribution is 5.95. The van der Waals surface area contributed by atoms with Gasteiger partial charge in [-0.3, -0.25) is 9.59 Å². The van der Waals surface area contributed by atoms with Gasteiger partial charge in [-0.1, -0.05) is 31.6 Å². The van der Waals surface area contributed by atoms with Gasteiger partial charge in [0.1, 0.15) is 0 Å². The molecule has 18 heavy (non-hydrogen) atoms. The van der Waals surface area contributed by atoms with Crippen molar-refractivity contribution >= 4 is 17.8 Å². The fourth-order valence-electron chi connectivity index (χ4n) is 1.44. The van der Waals surface area contributed by atoms with Crippen LogP contribution in [-0.2, 0) is 4.79 Å². The average molecular weight is 245 g/mol. The second-order valence-corrected chi connectivity index (χ2v) is 4.18. The highest BCUT2D eigenvalue weighted by Gasteiger charge is 2.03. The highest BCUT2D eigenvalue weighted by Crippen LogP contribution is 2.06. The zero-order valence-corrected chi connectivity index (χ0v) is 10.9. The van der Waals surface area contributed by atoms with Crippen LogP contribution in [0.1, 0.15) is 42.6 Å². The molecule has 0 atom stereocenters. The molecule has 0 aliphatic rings. The Morgan fingerprint density at radius 2 is 1.89 bits per heavy atom. The number of unbranched alkanes of at least 4 members (excludes halogenated alkanes) is 1. The van der Waals surface area contributed by atoms with Gasteiger partial charge < -0.3 is 5.32 Å². The molecule has 1 aromatic carbocycles. The first-order valence-electron chi connectivity index (χ1n) is 6.20. The number of carbonyl (C=O) groups is 2. The lowest BCUT2D eigenvalue weighted by Crippen LogP contribution is -2.24. The first kappa shape index (κ1) is 14.2. The molecule has 3 nitrogen and oxygen atoms in total. The molecule has 3 heteroatoms. The molecular weight excluding hydrogens is 226 g/mol. The average Bonchev–Trinajstić information content (AvgIpc) is 2.37. The summed E-state index contributed by atoms with van der Waals surface area (Å²) in [5.41, 5.74) is 1.56. The molecule has 0 aliphatic heterocycles. The van der Waals surface area contributed by atoms with Crippen molar-refractivity contribution in [2.75, 3.05) is 6.54 Å². The van der Waals surface area contributed by atoms with E-state index in [2.05, 4.69) is 12.2 Å². The second kappa shape index (κ2) is 7.43. The van der Waals surface area contributed by atoms with Crippen LogP contribution in [0.4, 0.5) is 0 Å². The molecule has 1 amide bonds. The van der Waals surface area contributed by atoms with E-state index in [0.29, 0.717) is 12.1 Å². The molecule has 1 N–H and O–H groups in total. The van der Waals surface area contributed by atoms with Gasteiger partial charge in [0.15, 0.2) is 5.78 Å². The third-order valence-electron chi connectivity index (χ3n) is 2.50. The van der Waals surface area contributed by atoms with Crippen LogP contribution < -0.4 is 5.32 Å². The zero-order valence-electron chi connectivity index (χ0n) is 10.9. The molecule has 96 valence electrons. The summed E-state index contributed by atoms with van der Waals surface area (Å²) in [4.78, 5) is 22.5. The smallest absolute Gasteiger partial charge is 0.251 e. The van der Waals surface area contributed by atoms with Crippen LogP contribution in [0.2, 0.25) is 0 Å². The number of nitrogens with one attached hydrogen (secondary N) is 1. The predicted molar refractivity (Wildman–Crippen MR) is 73.4 cm³/mol. The van der Waals surface area contributed by atoms with E-state index in [9.17, 15) is 9.59 Å². The van der Waals surface area contributed by atoms with Gasteiger partial charge in [-0.15, -0.1) is 0 Å². The normalized spacial score (nSPS) is 10.6. The Morgan fingerprint density at radius 3 is 2.44 bits per heavy atom. The second-order valence-electron chi connectivity index (χ2n) is 4.18. The molecule has 0 unspecified atom stereocenters. The van der Waals surface area contributed by atoms with Gasteiger partial charge in [0, 0.05) is 12.1 Å². The summed E-state index contributed by atoms with van der Waals surface area (Å²) in [6.45, 7) is 4.30. The van der Waals surface area contributed by atoms with Crippen molar-refractivity contribution in [3.05, 3.63) is 41.5 Å².